The summed E-state index contributed by atoms with van der Waals surface area (Å²) in [7, 11) is 0. The van der Waals surface area contributed by atoms with Gasteiger partial charge < -0.3 is 15.8 Å². The minimum Gasteiger partial charge on any atom is -0.397 e. The molecule has 1 aliphatic rings. The van der Waals surface area contributed by atoms with E-state index in [4.69, 9.17) is 38.9 Å². The number of morpholine rings is 1. The summed E-state index contributed by atoms with van der Waals surface area (Å²) in [5, 5.41) is 12.2. The Morgan fingerprint density at radius 1 is 1.57 bits per heavy atom. The standard InChI is InChI=1S/C13H14Cl2N4O2/c14-8-3-10(15)13(11(17)4-8)18-12(20)7-19-1-2-21-9(5-16)6-19/h3-4,9H,1-2,6-7,17H2,(H,18,20). The fourth-order valence-corrected chi connectivity index (χ4v) is 2.59. The van der Waals surface area contributed by atoms with Crippen LogP contribution in [-0.2, 0) is 9.53 Å². The van der Waals surface area contributed by atoms with Crippen molar-refractivity contribution in [2.45, 2.75) is 6.10 Å². The number of nitriles is 1. The Hall–Kier alpha value is -1.52. The molecule has 1 aromatic rings. The van der Waals surface area contributed by atoms with Crippen LogP contribution in [-0.4, -0.2) is 43.2 Å². The maximum atomic E-state index is 12.0. The Morgan fingerprint density at radius 3 is 3.00 bits per heavy atom. The van der Waals surface area contributed by atoms with E-state index in [1.54, 1.807) is 0 Å². The molecule has 112 valence electrons. The lowest BCUT2D eigenvalue weighted by Gasteiger charge is -2.29. The summed E-state index contributed by atoms with van der Waals surface area (Å²) in [5.41, 5.74) is 6.43. The van der Waals surface area contributed by atoms with Gasteiger partial charge in [0.15, 0.2) is 6.10 Å². The molecule has 0 spiro atoms. The van der Waals surface area contributed by atoms with Crippen molar-refractivity contribution in [2.75, 3.05) is 37.3 Å². The third kappa shape index (κ3) is 4.22. The molecule has 1 fully saturated rings. The normalized spacial score (nSPS) is 19.0. The van der Waals surface area contributed by atoms with E-state index in [0.29, 0.717) is 36.1 Å². The average molecular weight is 329 g/mol. The predicted octanol–water partition coefficient (Wildman–Crippen LogP) is 1.74. The summed E-state index contributed by atoms with van der Waals surface area (Å²) in [6.45, 7) is 1.55. The van der Waals surface area contributed by atoms with Crippen molar-refractivity contribution in [1.82, 2.24) is 4.90 Å². The second-order valence-corrected chi connectivity index (χ2v) is 5.47. The van der Waals surface area contributed by atoms with E-state index in [1.165, 1.54) is 12.1 Å². The largest absolute Gasteiger partial charge is 0.397 e. The van der Waals surface area contributed by atoms with Crippen molar-refractivity contribution < 1.29 is 9.53 Å². The summed E-state index contributed by atoms with van der Waals surface area (Å²) in [6, 6.07) is 5.06. The van der Waals surface area contributed by atoms with Crippen molar-refractivity contribution in [3.63, 3.8) is 0 Å². The van der Waals surface area contributed by atoms with Gasteiger partial charge >= 0.3 is 0 Å². The number of anilines is 2. The quantitative estimate of drug-likeness (QED) is 0.824. The van der Waals surface area contributed by atoms with Gasteiger partial charge in [0, 0.05) is 18.1 Å². The molecule has 6 nitrogen and oxygen atoms in total. The number of hydrogen-bond donors (Lipinski definition) is 2. The third-order valence-corrected chi connectivity index (χ3v) is 3.53. The minimum absolute atomic E-state index is 0.139. The highest BCUT2D eigenvalue weighted by Gasteiger charge is 2.22. The molecule has 0 bridgehead atoms. The predicted molar refractivity (Wildman–Crippen MR) is 81.3 cm³/mol. The molecule has 8 heteroatoms. The van der Waals surface area contributed by atoms with Gasteiger partial charge in [-0.25, -0.2) is 0 Å². The first-order chi connectivity index (χ1) is 9.99. The third-order valence-electron chi connectivity index (χ3n) is 3.01. The number of benzene rings is 1. The van der Waals surface area contributed by atoms with Crippen LogP contribution in [0.4, 0.5) is 11.4 Å². The van der Waals surface area contributed by atoms with Gasteiger partial charge in [0.05, 0.1) is 35.6 Å². The Morgan fingerprint density at radius 2 is 2.33 bits per heavy atom. The van der Waals surface area contributed by atoms with E-state index in [-0.39, 0.29) is 17.5 Å². The highest BCUT2D eigenvalue weighted by Crippen LogP contribution is 2.31. The zero-order chi connectivity index (χ0) is 15.4. The molecule has 1 aliphatic heterocycles. The number of rotatable bonds is 3. The monoisotopic (exact) mass is 328 g/mol. The lowest BCUT2D eigenvalue weighted by molar-refractivity contribution is -0.118. The summed E-state index contributed by atoms with van der Waals surface area (Å²) in [4.78, 5) is 13.9. The lowest BCUT2D eigenvalue weighted by Crippen LogP contribution is -2.45. The number of nitrogens with two attached hydrogens (primary N) is 1. The van der Waals surface area contributed by atoms with Gasteiger partial charge in [-0.1, -0.05) is 23.2 Å². The highest BCUT2D eigenvalue weighted by molar-refractivity contribution is 6.37. The molecular weight excluding hydrogens is 315 g/mol. The van der Waals surface area contributed by atoms with Crippen molar-refractivity contribution in [1.29, 1.82) is 5.26 Å². The summed E-state index contributed by atoms with van der Waals surface area (Å²) in [5.74, 6) is -0.260. The van der Waals surface area contributed by atoms with Crippen molar-refractivity contribution >= 4 is 40.5 Å². The molecule has 1 aromatic carbocycles. The van der Waals surface area contributed by atoms with Gasteiger partial charge in [-0.15, -0.1) is 0 Å². The fourth-order valence-electron chi connectivity index (χ4n) is 2.03. The molecule has 0 aliphatic carbocycles. The van der Waals surface area contributed by atoms with Gasteiger partial charge in [-0.05, 0) is 12.1 Å². The summed E-state index contributed by atoms with van der Waals surface area (Å²) >= 11 is 11.8. The Labute approximate surface area is 132 Å². The van der Waals surface area contributed by atoms with Crippen LogP contribution in [0.15, 0.2) is 12.1 Å². The minimum atomic E-state index is -0.504. The van der Waals surface area contributed by atoms with Gasteiger partial charge in [-0.2, -0.15) is 5.26 Å². The molecule has 0 aromatic heterocycles. The number of hydrogen-bond acceptors (Lipinski definition) is 5. The smallest absolute Gasteiger partial charge is 0.238 e. The Kier molecular flexibility index (Phi) is 5.26. The zero-order valence-corrected chi connectivity index (χ0v) is 12.6. The van der Waals surface area contributed by atoms with Crippen molar-refractivity contribution in [3.8, 4) is 6.07 Å². The second-order valence-electron chi connectivity index (χ2n) is 4.62. The van der Waals surface area contributed by atoms with Gasteiger partial charge in [0.1, 0.15) is 0 Å². The number of nitrogens with zero attached hydrogens (tertiary/aromatic N) is 2. The molecule has 3 N–H and O–H groups in total. The summed E-state index contributed by atoms with van der Waals surface area (Å²) < 4.78 is 5.22. The van der Waals surface area contributed by atoms with Crippen LogP contribution in [0.5, 0.6) is 0 Å². The Bertz CT molecular complexity index is 565. The van der Waals surface area contributed by atoms with Gasteiger partial charge in [-0.3, -0.25) is 9.69 Å². The topological polar surface area (TPSA) is 91.4 Å². The summed E-state index contributed by atoms with van der Waals surface area (Å²) in [6.07, 6.45) is -0.504. The lowest BCUT2D eigenvalue weighted by atomic mass is 10.2. The van der Waals surface area contributed by atoms with E-state index in [9.17, 15) is 4.79 Å². The molecule has 0 saturated carbocycles. The number of halogens is 2. The molecule has 1 saturated heterocycles. The zero-order valence-electron chi connectivity index (χ0n) is 11.1. The first-order valence-corrected chi connectivity index (χ1v) is 7.03. The number of nitrogens with one attached hydrogen (secondary N) is 1. The highest BCUT2D eigenvalue weighted by atomic mass is 35.5. The van der Waals surface area contributed by atoms with Crippen LogP contribution in [0.1, 0.15) is 0 Å². The maximum absolute atomic E-state index is 12.0. The molecule has 1 unspecified atom stereocenters. The van der Waals surface area contributed by atoms with Crippen LogP contribution in [0.2, 0.25) is 10.0 Å². The SMILES string of the molecule is N#CC1CN(CC(=O)Nc2c(N)cc(Cl)cc2Cl)CCO1. The van der Waals surface area contributed by atoms with Crippen LogP contribution in [0, 0.1) is 11.3 Å². The first kappa shape index (κ1) is 15.9. The van der Waals surface area contributed by atoms with Gasteiger partial charge in [0.25, 0.3) is 0 Å². The molecule has 1 amide bonds. The van der Waals surface area contributed by atoms with E-state index >= 15 is 0 Å². The van der Waals surface area contributed by atoms with Crippen molar-refractivity contribution in [3.05, 3.63) is 22.2 Å². The first-order valence-electron chi connectivity index (χ1n) is 6.27. The van der Waals surface area contributed by atoms with Crippen molar-refractivity contribution in [2.24, 2.45) is 0 Å². The molecular formula is C13H14Cl2N4O2. The van der Waals surface area contributed by atoms with E-state index in [2.05, 4.69) is 5.32 Å². The molecule has 0 radical (unpaired) electrons. The molecule has 1 heterocycles. The van der Waals surface area contributed by atoms with E-state index in [1.807, 2.05) is 11.0 Å². The number of ether oxygens (including phenoxy) is 1. The number of carbonyl (C=O) groups is 1. The molecule has 2 rings (SSSR count). The molecule has 21 heavy (non-hydrogen) atoms. The van der Waals surface area contributed by atoms with Crippen LogP contribution in [0.3, 0.4) is 0 Å². The van der Waals surface area contributed by atoms with E-state index in [0.717, 1.165) is 0 Å². The number of amides is 1. The number of nitrogen functional groups attached to an aromatic ring is 1. The van der Waals surface area contributed by atoms with Crippen LogP contribution >= 0.6 is 23.2 Å². The fraction of sp³-hybridized carbons (Fsp3) is 0.385. The van der Waals surface area contributed by atoms with Crippen LogP contribution in [0.25, 0.3) is 0 Å². The Balaban J connectivity index is 1.98. The van der Waals surface area contributed by atoms with Gasteiger partial charge in [0.2, 0.25) is 5.91 Å². The number of carbonyl (C=O) groups excluding carboxylic acids is 1. The maximum Gasteiger partial charge on any atom is 0.238 e. The van der Waals surface area contributed by atoms with Crippen LogP contribution < -0.4 is 11.1 Å². The second kappa shape index (κ2) is 6.96. The van der Waals surface area contributed by atoms with E-state index < -0.39 is 6.10 Å². The molecule has 1 atom stereocenters. The average Bonchev–Trinajstić information content (AvgIpc) is 2.43.